The van der Waals surface area contributed by atoms with Gasteiger partial charge in [-0.3, -0.25) is 0 Å². The number of thiocarbonyl (C=S) groups is 1. The van der Waals surface area contributed by atoms with Crippen molar-refractivity contribution in [2.75, 3.05) is 13.1 Å². The first-order valence-corrected chi connectivity index (χ1v) is 2.18. The molecule has 3 nitrogen and oxygen atoms in total. The molecule has 0 aromatic carbocycles. The molecule has 5 N–H and O–H groups in total. The third-order valence-corrected chi connectivity index (χ3v) is 0.167. The lowest BCUT2D eigenvalue weighted by atomic mass is 10.7. The molecule has 0 aliphatic rings. The lowest BCUT2D eigenvalue weighted by Crippen LogP contribution is -2.11. The second-order valence-corrected chi connectivity index (χ2v) is 0.884. The third kappa shape index (κ3) is 153. The molecule has 7 heavy (non-hydrogen) atoms. The molecular formula is C3H9N3S. The standard InChI is InChI=1S/C2H8N2.CHNS/c3-1-2-4;2-1-3/h1-4H2;2H. The molecule has 0 saturated heterocycles. The van der Waals surface area contributed by atoms with E-state index in [1.165, 1.54) is 0 Å². The highest BCUT2D eigenvalue weighted by atomic mass is 32.1. The van der Waals surface area contributed by atoms with Crippen molar-refractivity contribution in [2.24, 2.45) is 11.5 Å². The Morgan fingerprint density at radius 3 is 1.57 bits per heavy atom. The van der Waals surface area contributed by atoms with Crippen molar-refractivity contribution in [2.45, 2.75) is 0 Å². The molecule has 0 saturated carbocycles. The number of hydrogen-bond donors (Lipinski definition) is 3. The Morgan fingerprint density at radius 2 is 1.57 bits per heavy atom. The topological polar surface area (TPSA) is 75.9 Å². The van der Waals surface area contributed by atoms with Crippen LogP contribution in [0.15, 0.2) is 0 Å². The van der Waals surface area contributed by atoms with Crippen molar-refractivity contribution in [3.8, 4) is 0 Å². The van der Waals surface area contributed by atoms with E-state index >= 15 is 0 Å². The highest BCUT2D eigenvalue weighted by molar-refractivity contribution is 7.78. The maximum absolute atomic E-state index is 5.77. The van der Waals surface area contributed by atoms with Gasteiger partial charge in [-0.05, 0) is 12.2 Å². The van der Waals surface area contributed by atoms with Gasteiger partial charge in [-0.1, -0.05) is 0 Å². The van der Waals surface area contributed by atoms with Crippen LogP contribution in [0.2, 0.25) is 0 Å². The molecule has 42 valence electrons. The quantitative estimate of drug-likeness (QED) is 0.324. The van der Waals surface area contributed by atoms with Crippen LogP contribution in [-0.2, 0) is 0 Å². The van der Waals surface area contributed by atoms with Crippen LogP contribution >= 0.6 is 12.2 Å². The zero-order valence-corrected chi connectivity index (χ0v) is 4.79. The molecule has 0 rings (SSSR count). The van der Waals surface area contributed by atoms with E-state index in [1.807, 2.05) is 0 Å². The van der Waals surface area contributed by atoms with Gasteiger partial charge in [-0.2, -0.15) is 0 Å². The van der Waals surface area contributed by atoms with Crippen molar-refractivity contribution in [3.05, 3.63) is 0 Å². The fraction of sp³-hybridized carbons (Fsp3) is 0.667. The van der Waals surface area contributed by atoms with Crippen LogP contribution in [0.25, 0.3) is 0 Å². The average molecular weight is 119 g/mol. The highest BCUT2D eigenvalue weighted by Crippen LogP contribution is 1.24. The molecule has 4 heteroatoms. The summed E-state index contributed by atoms with van der Waals surface area (Å²) in [5, 5.41) is 7.36. The molecule has 0 aliphatic carbocycles. The van der Waals surface area contributed by atoms with E-state index in [0.29, 0.717) is 13.1 Å². The van der Waals surface area contributed by atoms with E-state index in [9.17, 15) is 0 Å². The van der Waals surface area contributed by atoms with Crippen molar-refractivity contribution < 1.29 is 0 Å². The summed E-state index contributed by atoms with van der Waals surface area (Å²) in [7, 11) is 0. The van der Waals surface area contributed by atoms with E-state index in [-0.39, 0.29) is 0 Å². The predicted octanol–water partition coefficient (Wildman–Crippen LogP) is -0.428. The predicted molar refractivity (Wildman–Crippen MR) is 33.4 cm³/mol. The van der Waals surface area contributed by atoms with Gasteiger partial charge in [0.2, 0.25) is 0 Å². The number of nitrogens with one attached hydrogen (secondary N) is 1. The summed E-state index contributed by atoms with van der Waals surface area (Å²) in [5.41, 5.74) is 9.81. The number of rotatable bonds is 1. The minimum Gasteiger partial charge on any atom is -0.329 e. The lowest BCUT2D eigenvalue weighted by molar-refractivity contribution is 0.976. The molecule has 0 amide bonds. The van der Waals surface area contributed by atoms with Crippen molar-refractivity contribution >= 4 is 17.4 Å². The smallest absolute Gasteiger partial charge is 0.0554 e. The van der Waals surface area contributed by atoms with Crippen LogP contribution in [0.3, 0.4) is 0 Å². The molecular weight excluding hydrogens is 110 g/mol. The number of nitrogens with two attached hydrogens (primary N) is 2. The second kappa shape index (κ2) is 17.2. The van der Waals surface area contributed by atoms with Gasteiger partial charge in [0.05, 0.1) is 5.16 Å². The molecule has 0 aromatic heterocycles. The van der Waals surface area contributed by atoms with Crippen LogP contribution in [-0.4, -0.2) is 18.3 Å². The Balaban J connectivity index is 0. The van der Waals surface area contributed by atoms with Gasteiger partial charge >= 0.3 is 0 Å². The molecule has 0 aliphatic heterocycles. The van der Waals surface area contributed by atoms with Gasteiger partial charge in [0, 0.05) is 13.1 Å². The van der Waals surface area contributed by atoms with Crippen LogP contribution in [0.1, 0.15) is 0 Å². The van der Waals surface area contributed by atoms with Crippen molar-refractivity contribution in [3.63, 3.8) is 0 Å². The Morgan fingerprint density at radius 1 is 1.43 bits per heavy atom. The summed E-state index contributed by atoms with van der Waals surface area (Å²) in [4.78, 5) is 0. The summed E-state index contributed by atoms with van der Waals surface area (Å²) in [6, 6.07) is 0. The SMILES string of the molecule is N=C=S.NCCN. The van der Waals surface area contributed by atoms with Gasteiger partial charge in [-0.15, -0.1) is 0 Å². The third-order valence-electron chi connectivity index (χ3n) is 0.167. The summed E-state index contributed by atoms with van der Waals surface area (Å²) in [5.74, 6) is 0. The fourth-order valence-electron chi connectivity index (χ4n) is 0. The first kappa shape index (κ1) is 9.87. The summed E-state index contributed by atoms with van der Waals surface area (Å²) < 4.78 is 0. The van der Waals surface area contributed by atoms with Gasteiger partial charge in [-0.25, -0.2) is 5.41 Å². The van der Waals surface area contributed by atoms with Gasteiger partial charge in [0.15, 0.2) is 0 Å². The minimum atomic E-state index is 0.597. The van der Waals surface area contributed by atoms with E-state index in [4.69, 9.17) is 16.9 Å². The van der Waals surface area contributed by atoms with Gasteiger partial charge in [0.1, 0.15) is 0 Å². The average Bonchev–Trinajstić information content (AvgIpc) is 1.69. The zero-order chi connectivity index (χ0) is 6.12. The maximum atomic E-state index is 5.77. The van der Waals surface area contributed by atoms with E-state index in [2.05, 4.69) is 12.2 Å². The Labute approximate surface area is 48.2 Å². The monoisotopic (exact) mass is 119 g/mol. The van der Waals surface area contributed by atoms with Crippen LogP contribution in [0, 0.1) is 5.41 Å². The molecule has 0 aromatic rings. The Kier molecular flexibility index (Phi) is 24.3. The van der Waals surface area contributed by atoms with E-state index in [0.717, 1.165) is 0 Å². The first-order valence-electron chi connectivity index (χ1n) is 1.77. The summed E-state index contributed by atoms with van der Waals surface area (Å²) >= 11 is 3.81. The number of isothiocyanates is 1. The molecule has 0 spiro atoms. The van der Waals surface area contributed by atoms with Crippen LogP contribution < -0.4 is 11.5 Å². The van der Waals surface area contributed by atoms with E-state index in [1.54, 1.807) is 5.16 Å². The second-order valence-electron chi connectivity index (χ2n) is 0.679. The normalized spacial score (nSPS) is 5.43. The fourth-order valence-corrected chi connectivity index (χ4v) is 0. The molecule has 0 unspecified atom stereocenters. The Bertz CT molecular complexity index is 46.1. The zero-order valence-electron chi connectivity index (χ0n) is 3.98. The molecule has 0 heterocycles. The van der Waals surface area contributed by atoms with E-state index < -0.39 is 0 Å². The molecule has 0 atom stereocenters. The Hall–Kier alpha value is -0.280. The molecule has 0 fully saturated rings. The molecule has 0 bridgehead atoms. The lowest BCUT2D eigenvalue weighted by Gasteiger charge is -1.72. The van der Waals surface area contributed by atoms with Crippen LogP contribution in [0.4, 0.5) is 0 Å². The highest BCUT2D eigenvalue weighted by Gasteiger charge is 1.54. The maximum Gasteiger partial charge on any atom is 0.0554 e. The molecule has 0 radical (unpaired) electrons. The van der Waals surface area contributed by atoms with Gasteiger partial charge < -0.3 is 11.5 Å². The largest absolute Gasteiger partial charge is 0.329 e. The minimum absolute atomic E-state index is 0.597. The number of hydrogen-bond acceptors (Lipinski definition) is 4. The van der Waals surface area contributed by atoms with Crippen molar-refractivity contribution in [1.82, 2.24) is 0 Å². The van der Waals surface area contributed by atoms with Crippen molar-refractivity contribution in [1.29, 1.82) is 5.41 Å². The van der Waals surface area contributed by atoms with Crippen LogP contribution in [0.5, 0.6) is 0 Å². The van der Waals surface area contributed by atoms with Gasteiger partial charge in [0.25, 0.3) is 0 Å². The first-order chi connectivity index (χ1) is 3.33. The summed E-state index contributed by atoms with van der Waals surface area (Å²) in [6.07, 6.45) is 0. The summed E-state index contributed by atoms with van der Waals surface area (Å²) in [6.45, 7) is 1.19.